The Morgan fingerprint density at radius 2 is 1.64 bits per heavy atom. The van der Waals surface area contributed by atoms with Crippen molar-refractivity contribution in [1.82, 2.24) is 10.2 Å². The summed E-state index contributed by atoms with van der Waals surface area (Å²) in [4.78, 5) is 29.3. The van der Waals surface area contributed by atoms with Crippen LogP contribution in [0.4, 0.5) is 5.69 Å². The maximum Gasteiger partial charge on any atom is 0.264 e. The van der Waals surface area contributed by atoms with E-state index in [1.165, 1.54) is 17.0 Å². The number of rotatable bonds is 12. The third-order valence-electron chi connectivity index (χ3n) is 7.61. The van der Waals surface area contributed by atoms with Gasteiger partial charge in [-0.15, -0.1) is 0 Å². The van der Waals surface area contributed by atoms with E-state index in [2.05, 4.69) is 5.32 Å². The van der Waals surface area contributed by atoms with Crippen LogP contribution in [0.15, 0.2) is 77.7 Å². The molecule has 0 radical (unpaired) electrons. The monoisotopic (exact) mass is 611 g/mol. The SMILES string of the molecule is CCC(C(=O)NC1CCCC1)N(Cc1ccc(OC)cc1)C(=O)CN(c1ccccc1Cl)S(=O)(=O)c1ccc(C)cc1. The number of para-hydroxylation sites is 1. The largest absolute Gasteiger partial charge is 0.497 e. The fraction of sp³-hybridized carbons (Fsp3) is 0.375. The molecule has 0 aliphatic heterocycles. The topological polar surface area (TPSA) is 96.0 Å². The molecule has 0 aromatic heterocycles. The van der Waals surface area contributed by atoms with Gasteiger partial charge in [0.1, 0.15) is 18.3 Å². The molecule has 224 valence electrons. The van der Waals surface area contributed by atoms with Gasteiger partial charge in [-0.05, 0) is 68.1 Å². The van der Waals surface area contributed by atoms with E-state index < -0.39 is 28.5 Å². The van der Waals surface area contributed by atoms with E-state index in [0.717, 1.165) is 41.1 Å². The molecule has 1 unspecified atom stereocenters. The molecule has 3 aromatic rings. The summed E-state index contributed by atoms with van der Waals surface area (Å²) in [5, 5.41) is 3.31. The van der Waals surface area contributed by atoms with Crippen LogP contribution in [0.5, 0.6) is 5.75 Å². The fourth-order valence-corrected chi connectivity index (χ4v) is 6.94. The van der Waals surface area contributed by atoms with Gasteiger partial charge in [-0.2, -0.15) is 0 Å². The summed E-state index contributed by atoms with van der Waals surface area (Å²) in [5.41, 5.74) is 1.86. The van der Waals surface area contributed by atoms with Crippen molar-refractivity contribution in [3.63, 3.8) is 0 Å². The summed E-state index contributed by atoms with van der Waals surface area (Å²) in [6.45, 7) is 3.29. The molecule has 0 saturated heterocycles. The number of carbonyl (C=O) groups is 2. The normalized spacial score (nSPS) is 14.3. The zero-order valence-electron chi connectivity index (χ0n) is 24.3. The van der Waals surface area contributed by atoms with Crippen molar-refractivity contribution < 1.29 is 22.7 Å². The quantitative estimate of drug-likeness (QED) is 0.283. The van der Waals surface area contributed by atoms with Crippen LogP contribution >= 0.6 is 11.6 Å². The molecule has 1 aliphatic rings. The minimum absolute atomic E-state index is 0.0357. The number of benzene rings is 3. The van der Waals surface area contributed by atoms with E-state index >= 15 is 0 Å². The van der Waals surface area contributed by atoms with Crippen molar-refractivity contribution in [2.24, 2.45) is 0 Å². The number of hydrogen-bond donors (Lipinski definition) is 1. The number of nitrogens with one attached hydrogen (secondary N) is 1. The summed E-state index contributed by atoms with van der Waals surface area (Å²) < 4.78 is 34.3. The second-order valence-corrected chi connectivity index (χ2v) is 12.8. The number of methoxy groups -OCH3 is 1. The summed E-state index contributed by atoms with van der Waals surface area (Å²) in [6, 6.07) is 19.5. The van der Waals surface area contributed by atoms with Crippen LogP contribution in [0.3, 0.4) is 0 Å². The van der Waals surface area contributed by atoms with Crippen molar-refractivity contribution in [1.29, 1.82) is 0 Å². The Labute approximate surface area is 253 Å². The fourth-order valence-electron chi connectivity index (χ4n) is 5.22. The highest BCUT2D eigenvalue weighted by atomic mass is 35.5. The lowest BCUT2D eigenvalue weighted by Gasteiger charge is -2.34. The van der Waals surface area contributed by atoms with Crippen LogP contribution in [0.25, 0.3) is 0 Å². The number of anilines is 1. The van der Waals surface area contributed by atoms with Gasteiger partial charge in [-0.25, -0.2) is 8.42 Å². The Morgan fingerprint density at radius 3 is 2.24 bits per heavy atom. The maximum absolute atomic E-state index is 14.2. The highest BCUT2D eigenvalue weighted by Crippen LogP contribution is 2.31. The van der Waals surface area contributed by atoms with Gasteiger partial charge < -0.3 is 15.0 Å². The molecular weight excluding hydrogens is 574 g/mol. The van der Waals surface area contributed by atoms with Crippen molar-refractivity contribution in [3.05, 3.63) is 88.9 Å². The number of hydrogen-bond acceptors (Lipinski definition) is 5. The number of nitrogens with zero attached hydrogens (tertiary/aromatic N) is 2. The molecule has 1 N–H and O–H groups in total. The maximum atomic E-state index is 14.2. The number of amides is 2. The predicted octanol–water partition coefficient (Wildman–Crippen LogP) is 5.72. The lowest BCUT2D eigenvalue weighted by molar-refractivity contribution is -0.140. The van der Waals surface area contributed by atoms with E-state index in [0.29, 0.717) is 12.2 Å². The third-order valence-corrected chi connectivity index (χ3v) is 9.70. The molecule has 2 amide bonds. The van der Waals surface area contributed by atoms with Gasteiger partial charge in [0.05, 0.1) is 22.7 Å². The second kappa shape index (κ2) is 14.1. The number of sulfonamides is 1. The van der Waals surface area contributed by atoms with Gasteiger partial charge in [-0.3, -0.25) is 13.9 Å². The van der Waals surface area contributed by atoms with Gasteiger partial charge in [-0.1, -0.05) is 73.3 Å². The molecule has 10 heteroatoms. The van der Waals surface area contributed by atoms with E-state index in [4.69, 9.17) is 16.3 Å². The Balaban J connectivity index is 1.72. The minimum atomic E-state index is -4.19. The molecule has 0 heterocycles. The van der Waals surface area contributed by atoms with Crippen molar-refractivity contribution >= 4 is 39.1 Å². The van der Waals surface area contributed by atoms with Crippen LogP contribution in [0.2, 0.25) is 5.02 Å². The van der Waals surface area contributed by atoms with Gasteiger partial charge >= 0.3 is 0 Å². The Morgan fingerprint density at radius 1 is 1.00 bits per heavy atom. The zero-order valence-corrected chi connectivity index (χ0v) is 25.8. The number of ether oxygens (including phenoxy) is 1. The third kappa shape index (κ3) is 7.44. The molecule has 1 fully saturated rings. The van der Waals surface area contributed by atoms with Crippen LogP contribution in [0, 0.1) is 6.92 Å². The average molecular weight is 612 g/mol. The van der Waals surface area contributed by atoms with Gasteiger partial charge in [0, 0.05) is 12.6 Å². The smallest absolute Gasteiger partial charge is 0.264 e. The zero-order chi connectivity index (χ0) is 30.3. The second-order valence-electron chi connectivity index (χ2n) is 10.6. The van der Waals surface area contributed by atoms with Crippen molar-refractivity contribution in [2.45, 2.75) is 69.5 Å². The molecule has 42 heavy (non-hydrogen) atoms. The summed E-state index contributed by atoms with van der Waals surface area (Å²) in [5.74, 6) is -0.0940. The van der Waals surface area contributed by atoms with Gasteiger partial charge in [0.25, 0.3) is 10.0 Å². The summed E-state index contributed by atoms with van der Waals surface area (Å²) in [7, 11) is -2.62. The Hall–Kier alpha value is -3.56. The molecule has 8 nitrogen and oxygen atoms in total. The van der Waals surface area contributed by atoms with Crippen LogP contribution in [-0.4, -0.2) is 50.9 Å². The standard InChI is InChI=1S/C32H38ClN3O5S/c1-4-29(32(38)34-25-9-5-6-10-25)35(21-24-15-17-26(41-3)18-16-24)31(37)22-36(30-12-8-7-11-28(30)33)42(39,40)27-19-13-23(2)14-20-27/h7-8,11-20,25,29H,4-6,9-10,21-22H2,1-3H3,(H,34,38). The molecule has 3 aromatic carbocycles. The van der Waals surface area contributed by atoms with E-state index in [1.54, 1.807) is 55.6 Å². The first kappa shape index (κ1) is 31.4. The highest BCUT2D eigenvalue weighted by molar-refractivity contribution is 7.92. The number of aryl methyl sites for hydroxylation is 1. The van der Waals surface area contributed by atoms with E-state index in [-0.39, 0.29) is 34.1 Å². The summed E-state index contributed by atoms with van der Waals surface area (Å²) >= 11 is 6.49. The van der Waals surface area contributed by atoms with Gasteiger partial charge in [0.2, 0.25) is 11.8 Å². The molecule has 0 spiro atoms. The van der Waals surface area contributed by atoms with E-state index in [9.17, 15) is 18.0 Å². The van der Waals surface area contributed by atoms with Crippen molar-refractivity contribution in [3.8, 4) is 5.75 Å². The average Bonchev–Trinajstić information content (AvgIpc) is 3.49. The van der Waals surface area contributed by atoms with Gasteiger partial charge in [0.15, 0.2) is 0 Å². The highest BCUT2D eigenvalue weighted by Gasteiger charge is 2.35. The molecule has 1 saturated carbocycles. The molecular formula is C32H38ClN3O5S. The minimum Gasteiger partial charge on any atom is -0.497 e. The van der Waals surface area contributed by atoms with Crippen LogP contribution in [0.1, 0.15) is 50.2 Å². The Bertz CT molecular complexity index is 1470. The number of halogens is 1. The first-order valence-corrected chi connectivity index (χ1v) is 16.0. The molecule has 1 atom stereocenters. The first-order chi connectivity index (χ1) is 20.1. The lowest BCUT2D eigenvalue weighted by Crippen LogP contribution is -2.53. The van der Waals surface area contributed by atoms with Crippen LogP contribution < -0.4 is 14.4 Å². The predicted molar refractivity (Wildman–Crippen MR) is 165 cm³/mol. The molecule has 0 bridgehead atoms. The number of carbonyl (C=O) groups excluding carboxylic acids is 2. The summed E-state index contributed by atoms with van der Waals surface area (Å²) in [6.07, 6.45) is 4.28. The molecule has 1 aliphatic carbocycles. The lowest BCUT2D eigenvalue weighted by atomic mass is 10.1. The van der Waals surface area contributed by atoms with Crippen molar-refractivity contribution in [2.75, 3.05) is 18.0 Å². The van der Waals surface area contributed by atoms with E-state index in [1.807, 2.05) is 26.0 Å². The first-order valence-electron chi connectivity index (χ1n) is 14.2. The van der Waals surface area contributed by atoms with Crippen LogP contribution in [-0.2, 0) is 26.2 Å². The molecule has 4 rings (SSSR count). The Kier molecular flexibility index (Phi) is 10.5.